The molecule has 1 unspecified atom stereocenters. The van der Waals surface area contributed by atoms with E-state index < -0.39 is 23.5 Å². The lowest BCUT2D eigenvalue weighted by molar-refractivity contribution is -0.132. The van der Waals surface area contributed by atoms with Gasteiger partial charge in [0, 0.05) is 5.56 Å². The van der Waals surface area contributed by atoms with E-state index in [1.165, 1.54) is 30.2 Å². The van der Waals surface area contributed by atoms with E-state index in [0.29, 0.717) is 27.1 Å². The van der Waals surface area contributed by atoms with Gasteiger partial charge in [-0.2, -0.15) is 0 Å². The molecule has 5 rings (SSSR count). The van der Waals surface area contributed by atoms with Gasteiger partial charge in [-0.15, -0.1) is 0 Å². The van der Waals surface area contributed by atoms with Crippen molar-refractivity contribution in [3.8, 4) is 5.75 Å². The van der Waals surface area contributed by atoms with Crippen molar-refractivity contribution in [3.05, 3.63) is 94.8 Å². The Bertz CT molecular complexity index is 1460. The third-order valence-electron chi connectivity index (χ3n) is 5.75. The molecule has 1 aliphatic rings. The van der Waals surface area contributed by atoms with Gasteiger partial charge in [0.25, 0.3) is 5.78 Å². The number of fused-ring (bicyclic) bond motifs is 1. The number of nitrogens with zero attached hydrogens (tertiary/aromatic N) is 2. The summed E-state index contributed by atoms with van der Waals surface area (Å²) in [5.74, 6) is -1.74. The van der Waals surface area contributed by atoms with Crippen LogP contribution < -0.4 is 9.64 Å². The van der Waals surface area contributed by atoms with Gasteiger partial charge >= 0.3 is 5.91 Å². The molecule has 0 spiro atoms. The van der Waals surface area contributed by atoms with Crippen LogP contribution in [0.2, 0.25) is 0 Å². The standard InChI is InChI=1S/C26H19FN2O4S/c1-14-3-5-15(6-4-14)22-21(23(30)16-7-10-18(33-2)11-8-16)24(31)25(32)29(22)26-28-19-12-9-17(27)13-20(19)34-26/h3-13,22,30H,1-2H3. The molecule has 0 radical (unpaired) electrons. The van der Waals surface area contributed by atoms with Gasteiger partial charge in [-0.1, -0.05) is 41.2 Å². The number of methoxy groups -OCH3 is 1. The lowest BCUT2D eigenvalue weighted by Gasteiger charge is -2.23. The molecule has 1 saturated heterocycles. The summed E-state index contributed by atoms with van der Waals surface area (Å²) in [6.07, 6.45) is 0. The van der Waals surface area contributed by atoms with E-state index in [0.717, 1.165) is 16.9 Å². The second kappa shape index (κ2) is 8.39. The van der Waals surface area contributed by atoms with Gasteiger partial charge in [-0.25, -0.2) is 9.37 Å². The van der Waals surface area contributed by atoms with Gasteiger partial charge < -0.3 is 9.84 Å². The molecule has 1 fully saturated rings. The topological polar surface area (TPSA) is 79.7 Å². The molecule has 6 nitrogen and oxygen atoms in total. The summed E-state index contributed by atoms with van der Waals surface area (Å²) < 4.78 is 19.5. The molecule has 2 heterocycles. The first-order valence-electron chi connectivity index (χ1n) is 10.5. The van der Waals surface area contributed by atoms with E-state index in [-0.39, 0.29) is 16.5 Å². The SMILES string of the molecule is COc1ccc(C(O)=C2C(=O)C(=O)N(c3nc4ccc(F)cc4s3)C2c2ccc(C)cc2)cc1. The summed E-state index contributed by atoms with van der Waals surface area (Å²) in [5, 5.41) is 11.4. The minimum absolute atomic E-state index is 0.0375. The summed E-state index contributed by atoms with van der Waals surface area (Å²) in [7, 11) is 1.53. The van der Waals surface area contributed by atoms with Crippen LogP contribution in [0.3, 0.4) is 0 Å². The van der Waals surface area contributed by atoms with Crippen LogP contribution in [-0.2, 0) is 9.59 Å². The predicted molar refractivity (Wildman–Crippen MR) is 129 cm³/mol. The zero-order valence-electron chi connectivity index (χ0n) is 18.3. The first-order chi connectivity index (χ1) is 16.4. The van der Waals surface area contributed by atoms with Gasteiger partial charge in [0.2, 0.25) is 0 Å². The number of hydrogen-bond acceptors (Lipinski definition) is 6. The molecule has 0 bridgehead atoms. The van der Waals surface area contributed by atoms with Gasteiger partial charge in [-0.05, 0) is 55.0 Å². The van der Waals surface area contributed by atoms with E-state index in [1.807, 2.05) is 31.2 Å². The number of ether oxygens (including phenoxy) is 1. The number of halogens is 1. The maximum absolute atomic E-state index is 13.7. The van der Waals surface area contributed by atoms with Crippen LogP contribution in [0.15, 0.2) is 72.3 Å². The molecular formula is C26H19FN2O4S. The average Bonchev–Trinajstić information content (AvgIpc) is 3.37. The van der Waals surface area contributed by atoms with Gasteiger partial charge in [0.05, 0.1) is 28.9 Å². The molecule has 1 aromatic heterocycles. The summed E-state index contributed by atoms with van der Waals surface area (Å²) >= 11 is 1.11. The number of rotatable bonds is 4. The Labute approximate surface area is 198 Å². The van der Waals surface area contributed by atoms with Crippen molar-refractivity contribution >= 4 is 44.1 Å². The van der Waals surface area contributed by atoms with Crippen molar-refractivity contribution in [1.82, 2.24) is 4.98 Å². The third-order valence-corrected chi connectivity index (χ3v) is 6.76. The molecule has 1 atom stereocenters. The second-order valence-corrected chi connectivity index (χ2v) is 8.93. The molecule has 1 N–H and O–H groups in total. The minimum atomic E-state index is -0.895. The van der Waals surface area contributed by atoms with Crippen LogP contribution in [0.4, 0.5) is 9.52 Å². The van der Waals surface area contributed by atoms with E-state index in [1.54, 1.807) is 24.3 Å². The lowest BCUT2D eigenvalue weighted by Crippen LogP contribution is -2.29. The minimum Gasteiger partial charge on any atom is -0.507 e. The van der Waals surface area contributed by atoms with E-state index in [4.69, 9.17) is 4.74 Å². The monoisotopic (exact) mass is 474 g/mol. The van der Waals surface area contributed by atoms with Crippen LogP contribution in [0.5, 0.6) is 5.75 Å². The summed E-state index contributed by atoms with van der Waals surface area (Å²) in [4.78, 5) is 32.3. The number of aryl methyl sites for hydroxylation is 1. The number of aliphatic hydroxyl groups is 1. The summed E-state index contributed by atoms with van der Waals surface area (Å²) in [6, 6.07) is 17.2. The van der Waals surface area contributed by atoms with Crippen LogP contribution in [0.25, 0.3) is 16.0 Å². The molecule has 34 heavy (non-hydrogen) atoms. The Balaban J connectivity index is 1.71. The second-order valence-electron chi connectivity index (χ2n) is 7.92. The number of amides is 1. The number of aliphatic hydroxyl groups excluding tert-OH is 1. The first kappa shape index (κ1) is 21.8. The molecule has 8 heteroatoms. The number of Topliss-reactive ketones (excluding diaryl/α,β-unsaturated/α-hetero) is 1. The number of aromatic nitrogens is 1. The Morgan fingerprint density at radius 3 is 2.44 bits per heavy atom. The number of benzene rings is 3. The van der Waals surface area contributed by atoms with Crippen molar-refractivity contribution in [3.63, 3.8) is 0 Å². The molecule has 1 aliphatic heterocycles. The number of ketones is 1. The van der Waals surface area contributed by atoms with Crippen LogP contribution in [-0.4, -0.2) is 28.9 Å². The first-order valence-corrected chi connectivity index (χ1v) is 11.3. The zero-order chi connectivity index (χ0) is 24.0. The number of carbonyl (C=O) groups is 2. The number of hydrogen-bond donors (Lipinski definition) is 1. The summed E-state index contributed by atoms with van der Waals surface area (Å²) in [5.41, 5.74) is 2.50. The van der Waals surface area contributed by atoms with Crippen LogP contribution in [0, 0.1) is 12.7 Å². The number of anilines is 1. The van der Waals surface area contributed by atoms with Gasteiger partial charge in [0.15, 0.2) is 5.13 Å². The van der Waals surface area contributed by atoms with Gasteiger partial charge in [-0.3, -0.25) is 14.5 Å². The van der Waals surface area contributed by atoms with Crippen LogP contribution in [0.1, 0.15) is 22.7 Å². The maximum atomic E-state index is 13.7. The normalized spacial score (nSPS) is 17.5. The number of thiazole rings is 1. The molecule has 0 aliphatic carbocycles. The average molecular weight is 475 g/mol. The Kier molecular flexibility index (Phi) is 5.37. The molecule has 3 aromatic carbocycles. The molecule has 1 amide bonds. The maximum Gasteiger partial charge on any atom is 0.301 e. The highest BCUT2D eigenvalue weighted by Crippen LogP contribution is 2.44. The lowest BCUT2D eigenvalue weighted by atomic mass is 9.95. The number of carbonyl (C=O) groups excluding carboxylic acids is 2. The molecule has 170 valence electrons. The zero-order valence-corrected chi connectivity index (χ0v) is 19.1. The van der Waals surface area contributed by atoms with Crippen LogP contribution >= 0.6 is 11.3 Å². The molecule has 0 saturated carbocycles. The van der Waals surface area contributed by atoms with Crippen molar-refractivity contribution in [2.45, 2.75) is 13.0 Å². The van der Waals surface area contributed by atoms with Crippen molar-refractivity contribution in [2.24, 2.45) is 0 Å². The predicted octanol–water partition coefficient (Wildman–Crippen LogP) is 5.38. The van der Waals surface area contributed by atoms with Gasteiger partial charge in [0.1, 0.15) is 17.3 Å². The van der Waals surface area contributed by atoms with E-state index in [2.05, 4.69) is 4.98 Å². The van der Waals surface area contributed by atoms with E-state index >= 15 is 0 Å². The molecule has 4 aromatic rings. The van der Waals surface area contributed by atoms with Crippen molar-refractivity contribution in [2.75, 3.05) is 12.0 Å². The summed E-state index contributed by atoms with van der Waals surface area (Å²) in [6.45, 7) is 1.93. The highest BCUT2D eigenvalue weighted by molar-refractivity contribution is 7.22. The van der Waals surface area contributed by atoms with E-state index in [9.17, 15) is 19.1 Å². The van der Waals surface area contributed by atoms with Crippen molar-refractivity contribution < 1.29 is 23.8 Å². The fourth-order valence-corrected chi connectivity index (χ4v) is 5.00. The Hall–Kier alpha value is -4.04. The highest BCUT2D eigenvalue weighted by Gasteiger charge is 2.48. The Morgan fingerprint density at radius 1 is 1.06 bits per heavy atom. The smallest absolute Gasteiger partial charge is 0.301 e. The Morgan fingerprint density at radius 2 is 1.76 bits per heavy atom. The highest BCUT2D eigenvalue weighted by atomic mass is 32.1. The fourth-order valence-electron chi connectivity index (χ4n) is 3.99. The largest absolute Gasteiger partial charge is 0.507 e. The quantitative estimate of drug-likeness (QED) is 0.244. The van der Waals surface area contributed by atoms with Crippen molar-refractivity contribution in [1.29, 1.82) is 0 Å². The fraction of sp³-hybridized carbons (Fsp3) is 0.115. The molecular weight excluding hydrogens is 455 g/mol. The third kappa shape index (κ3) is 3.62.